The van der Waals surface area contributed by atoms with Crippen molar-refractivity contribution in [3.8, 4) is 0 Å². The summed E-state index contributed by atoms with van der Waals surface area (Å²) in [5, 5.41) is 9.85. The molecule has 0 unspecified atom stereocenters. The molecule has 3 rings (SSSR count). The maximum atomic E-state index is 9.85. The van der Waals surface area contributed by atoms with E-state index in [1.54, 1.807) is 13.1 Å². The Morgan fingerprint density at radius 3 is 2.89 bits per heavy atom. The highest BCUT2D eigenvalue weighted by atomic mass is 16.3. The summed E-state index contributed by atoms with van der Waals surface area (Å²) in [6, 6.07) is 12.2. The molecule has 1 aromatic heterocycles. The van der Waals surface area contributed by atoms with Gasteiger partial charge in [0.25, 0.3) is 0 Å². The Balaban J connectivity index is 2.08. The molecular formula is C15H16N2O. The van der Waals surface area contributed by atoms with E-state index in [2.05, 4.69) is 28.1 Å². The standard InChI is InChI=1S/C15H16N2O/c1-11(18)13-6-4-9-16-15(13)17-10-8-12-5-2-3-7-14(12)17/h2-7,9,11,18H,8,10H2,1H3/t11-/m0/s1. The van der Waals surface area contributed by atoms with Crippen molar-refractivity contribution >= 4 is 11.5 Å². The van der Waals surface area contributed by atoms with E-state index in [1.807, 2.05) is 18.2 Å². The normalized spacial score (nSPS) is 15.6. The quantitative estimate of drug-likeness (QED) is 0.877. The third-order valence-corrected chi connectivity index (χ3v) is 3.41. The van der Waals surface area contributed by atoms with Crippen LogP contribution in [0.4, 0.5) is 11.5 Å². The van der Waals surface area contributed by atoms with E-state index >= 15 is 0 Å². The van der Waals surface area contributed by atoms with Gasteiger partial charge in [0, 0.05) is 24.0 Å². The van der Waals surface area contributed by atoms with E-state index in [4.69, 9.17) is 0 Å². The van der Waals surface area contributed by atoms with Crippen molar-refractivity contribution < 1.29 is 5.11 Å². The van der Waals surface area contributed by atoms with Crippen LogP contribution in [0.25, 0.3) is 0 Å². The molecule has 1 aromatic carbocycles. The van der Waals surface area contributed by atoms with Gasteiger partial charge in [0.15, 0.2) is 0 Å². The van der Waals surface area contributed by atoms with Crippen molar-refractivity contribution in [1.29, 1.82) is 0 Å². The molecule has 18 heavy (non-hydrogen) atoms. The van der Waals surface area contributed by atoms with E-state index in [0.29, 0.717) is 0 Å². The van der Waals surface area contributed by atoms with Gasteiger partial charge in [-0.2, -0.15) is 0 Å². The molecule has 1 N–H and O–H groups in total. The molecule has 92 valence electrons. The van der Waals surface area contributed by atoms with Crippen molar-refractivity contribution in [1.82, 2.24) is 4.98 Å². The van der Waals surface area contributed by atoms with Crippen LogP contribution in [-0.4, -0.2) is 16.6 Å². The molecule has 0 radical (unpaired) electrons. The molecule has 0 aliphatic carbocycles. The Morgan fingerprint density at radius 1 is 1.22 bits per heavy atom. The smallest absolute Gasteiger partial charge is 0.138 e. The van der Waals surface area contributed by atoms with Crippen LogP contribution >= 0.6 is 0 Å². The van der Waals surface area contributed by atoms with Gasteiger partial charge in [-0.25, -0.2) is 4.98 Å². The second-order valence-corrected chi connectivity index (χ2v) is 4.62. The zero-order valence-electron chi connectivity index (χ0n) is 10.4. The summed E-state index contributed by atoms with van der Waals surface area (Å²) in [6.45, 7) is 2.71. The average molecular weight is 240 g/mol. The second kappa shape index (κ2) is 4.42. The molecule has 0 spiro atoms. The van der Waals surface area contributed by atoms with Crippen LogP contribution in [0.5, 0.6) is 0 Å². The monoisotopic (exact) mass is 240 g/mol. The summed E-state index contributed by atoms with van der Waals surface area (Å²) in [5.41, 5.74) is 3.44. The van der Waals surface area contributed by atoms with E-state index in [9.17, 15) is 5.11 Å². The molecule has 2 aromatic rings. The fourth-order valence-corrected chi connectivity index (χ4v) is 2.52. The van der Waals surface area contributed by atoms with Crippen molar-refractivity contribution in [3.63, 3.8) is 0 Å². The van der Waals surface area contributed by atoms with Gasteiger partial charge in [0.2, 0.25) is 0 Å². The maximum Gasteiger partial charge on any atom is 0.138 e. The van der Waals surface area contributed by atoms with E-state index < -0.39 is 6.10 Å². The maximum absolute atomic E-state index is 9.85. The summed E-state index contributed by atoms with van der Waals surface area (Å²) in [5.74, 6) is 0.873. The predicted molar refractivity (Wildman–Crippen MR) is 72.0 cm³/mol. The molecular weight excluding hydrogens is 224 g/mol. The van der Waals surface area contributed by atoms with Crippen molar-refractivity contribution in [2.45, 2.75) is 19.4 Å². The lowest BCUT2D eigenvalue weighted by Crippen LogP contribution is -2.17. The summed E-state index contributed by atoms with van der Waals surface area (Å²) < 4.78 is 0. The summed E-state index contributed by atoms with van der Waals surface area (Å²) in [7, 11) is 0. The Morgan fingerprint density at radius 2 is 2.06 bits per heavy atom. The summed E-state index contributed by atoms with van der Waals surface area (Å²) in [6.07, 6.45) is 2.31. The van der Waals surface area contributed by atoms with Crippen molar-refractivity contribution in [3.05, 3.63) is 53.7 Å². The highest BCUT2D eigenvalue weighted by Crippen LogP contribution is 2.36. The molecule has 0 bridgehead atoms. The summed E-state index contributed by atoms with van der Waals surface area (Å²) in [4.78, 5) is 6.64. The number of aliphatic hydroxyl groups excluding tert-OH is 1. The fourth-order valence-electron chi connectivity index (χ4n) is 2.52. The van der Waals surface area contributed by atoms with Gasteiger partial charge in [-0.05, 0) is 31.0 Å². The Labute approximate surface area is 107 Å². The molecule has 3 heteroatoms. The van der Waals surface area contributed by atoms with Gasteiger partial charge in [-0.15, -0.1) is 0 Å². The van der Waals surface area contributed by atoms with Crippen LogP contribution < -0.4 is 4.90 Å². The number of hydrogen-bond acceptors (Lipinski definition) is 3. The van der Waals surface area contributed by atoms with Crippen LogP contribution in [0, 0.1) is 0 Å². The van der Waals surface area contributed by atoms with Gasteiger partial charge in [-0.1, -0.05) is 24.3 Å². The van der Waals surface area contributed by atoms with Crippen LogP contribution in [0.2, 0.25) is 0 Å². The first-order valence-electron chi connectivity index (χ1n) is 6.26. The minimum Gasteiger partial charge on any atom is -0.389 e. The topological polar surface area (TPSA) is 36.4 Å². The minimum absolute atomic E-state index is 0.499. The molecule has 3 nitrogen and oxygen atoms in total. The third-order valence-electron chi connectivity index (χ3n) is 3.41. The lowest BCUT2D eigenvalue weighted by Gasteiger charge is -2.22. The number of anilines is 2. The van der Waals surface area contributed by atoms with Crippen LogP contribution in [0.3, 0.4) is 0 Å². The number of fused-ring (bicyclic) bond motifs is 1. The Hall–Kier alpha value is -1.87. The van der Waals surface area contributed by atoms with Crippen LogP contribution in [0.15, 0.2) is 42.6 Å². The van der Waals surface area contributed by atoms with E-state index in [-0.39, 0.29) is 0 Å². The predicted octanol–water partition coefficient (Wildman–Crippen LogP) is 2.83. The Kier molecular flexibility index (Phi) is 2.76. The van der Waals surface area contributed by atoms with Crippen molar-refractivity contribution in [2.24, 2.45) is 0 Å². The highest BCUT2D eigenvalue weighted by molar-refractivity contribution is 5.69. The fraction of sp³-hybridized carbons (Fsp3) is 0.267. The summed E-state index contributed by atoms with van der Waals surface area (Å²) >= 11 is 0. The number of hydrogen-bond donors (Lipinski definition) is 1. The molecule has 0 saturated heterocycles. The Bertz CT molecular complexity index is 566. The molecule has 0 amide bonds. The van der Waals surface area contributed by atoms with E-state index in [0.717, 1.165) is 24.3 Å². The molecule has 1 aliphatic heterocycles. The van der Waals surface area contributed by atoms with Crippen LogP contribution in [0.1, 0.15) is 24.2 Å². The third kappa shape index (κ3) is 1.77. The zero-order valence-corrected chi connectivity index (χ0v) is 10.4. The second-order valence-electron chi connectivity index (χ2n) is 4.62. The first-order valence-corrected chi connectivity index (χ1v) is 6.26. The highest BCUT2D eigenvalue weighted by Gasteiger charge is 2.23. The van der Waals surface area contributed by atoms with Gasteiger partial charge >= 0.3 is 0 Å². The van der Waals surface area contributed by atoms with Gasteiger partial charge in [-0.3, -0.25) is 0 Å². The van der Waals surface area contributed by atoms with Gasteiger partial charge < -0.3 is 10.0 Å². The van der Waals surface area contributed by atoms with Crippen LogP contribution in [-0.2, 0) is 6.42 Å². The molecule has 1 aliphatic rings. The molecule has 0 fully saturated rings. The number of aromatic nitrogens is 1. The van der Waals surface area contributed by atoms with E-state index in [1.165, 1.54) is 11.3 Å². The number of para-hydroxylation sites is 1. The first-order chi connectivity index (χ1) is 8.77. The van der Waals surface area contributed by atoms with Gasteiger partial charge in [0.1, 0.15) is 5.82 Å². The lowest BCUT2D eigenvalue weighted by molar-refractivity contribution is 0.199. The SMILES string of the molecule is C[C@H](O)c1cccnc1N1CCc2ccccc21. The van der Waals surface area contributed by atoms with Crippen molar-refractivity contribution in [2.75, 3.05) is 11.4 Å². The number of rotatable bonds is 2. The number of pyridine rings is 1. The average Bonchev–Trinajstić information content (AvgIpc) is 2.82. The minimum atomic E-state index is -0.499. The molecule has 1 atom stereocenters. The molecule has 2 heterocycles. The lowest BCUT2D eigenvalue weighted by atomic mass is 10.1. The molecule has 0 saturated carbocycles. The number of nitrogens with zero attached hydrogens (tertiary/aromatic N) is 2. The number of benzene rings is 1. The largest absolute Gasteiger partial charge is 0.389 e. The zero-order chi connectivity index (χ0) is 12.5. The first kappa shape index (κ1) is 11.2. The van der Waals surface area contributed by atoms with Gasteiger partial charge in [0.05, 0.1) is 6.10 Å². The number of aliphatic hydroxyl groups is 1.